The number of hydrogen-bond acceptors (Lipinski definition) is 5. The lowest BCUT2D eigenvalue weighted by molar-refractivity contribution is 0.360. The highest BCUT2D eigenvalue weighted by molar-refractivity contribution is 7.89. The lowest BCUT2D eigenvalue weighted by Crippen LogP contribution is -2.48. The molecule has 0 radical (unpaired) electrons. The molecule has 10 heteroatoms. The summed E-state index contributed by atoms with van der Waals surface area (Å²) in [7, 11) is -7.31. The first-order valence-corrected chi connectivity index (χ1v) is 13.8. The van der Waals surface area contributed by atoms with Crippen LogP contribution in [0.2, 0.25) is 0 Å². The van der Waals surface area contributed by atoms with Crippen LogP contribution in [-0.2, 0) is 26.6 Å². The minimum absolute atomic E-state index is 0.0713. The van der Waals surface area contributed by atoms with Crippen LogP contribution in [0.15, 0.2) is 53.4 Å². The molecule has 0 unspecified atom stereocenters. The molecule has 0 amide bonds. The largest absolute Gasteiger partial charge is 0.369 e. The SMILES string of the molecule is CC(C)CN(Cc1ccccc1)S(=O)(=O)c1ccc(N2CCN(S(C)(=O)=O)CC2)cc1F. The summed E-state index contributed by atoms with van der Waals surface area (Å²) in [6, 6.07) is 13.3. The van der Waals surface area contributed by atoms with E-state index in [2.05, 4.69) is 0 Å². The van der Waals surface area contributed by atoms with E-state index < -0.39 is 25.9 Å². The van der Waals surface area contributed by atoms with Crippen LogP contribution in [-0.4, -0.2) is 64.4 Å². The highest BCUT2D eigenvalue weighted by atomic mass is 32.2. The van der Waals surface area contributed by atoms with Crippen molar-refractivity contribution in [1.29, 1.82) is 0 Å². The van der Waals surface area contributed by atoms with Gasteiger partial charge in [0.1, 0.15) is 10.7 Å². The van der Waals surface area contributed by atoms with Gasteiger partial charge in [0, 0.05) is 45.0 Å². The van der Waals surface area contributed by atoms with Crippen molar-refractivity contribution >= 4 is 25.7 Å². The summed E-state index contributed by atoms with van der Waals surface area (Å²) in [5, 5.41) is 0. The Morgan fingerprint density at radius 3 is 2.12 bits per heavy atom. The molecular formula is C22H30FN3O4S2. The zero-order valence-electron chi connectivity index (χ0n) is 18.6. The van der Waals surface area contributed by atoms with Gasteiger partial charge in [0.25, 0.3) is 0 Å². The number of sulfonamides is 2. The smallest absolute Gasteiger partial charge is 0.246 e. The van der Waals surface area contributed by atoms with Gasteiger partial charge in [0.15, 0.2) is 0 Å². The van der Waals surface area contributed by atoms with Crippen molar-refractivity contribution in [3.63, 3.8) is 0 Å². The third kappa shape index (κ3) is 5.86. The Labute approximate surface area is 190 Å². The number of piperazine rings is 1. The fourth-order valence-corrected chi connectivity index (χ4v) is 6.22. The third-order valence-corrected chi connectivity index (χ3v) is 8.52. The van der Waals surface area contributed by atoms with E-state index in [1.54, 1.807) is 6.07 Å². The number of benzene rings is 2. The van der Waals surface area contributed by atoms with E-state index in [9.17, 15) is 16.8 Å². The van der Waals surface area contributed by atoms with Gasteiger partial charge in [-0.2, -0.15) is 8.61 Å². The maximum Gasteiger partial charge on any atom is 0.246 e. The van der Waals surface area contributed by atoms with E-state index in [-0.39, 0.29) is 23.9 Å². The molecule has 0 bridgehead atoms. The number of rotatable bonds is 8. The standard InChI is InChI=1S/C22H30FN3O4S2/c1-18(2)16-26(17-19-7-5-4-6-8-19)32(29,30)22-10-9-20(15-21(22)23)24-11-13-25(14-12-24)31(3,27)28/h4-10,15,18H,11-14,16-17H2,1-3H3. The van der Waals surface area contributed by atoms with Crippen molar-refractivity contribution in [2.24, 2.45) is 5.92 Å². The molecule has 0 N–H and O–H groups in total. The number of hydrogen-bond donors (Lipinski definition) is 0. The molecule has 0 atom stereocenters. The van der Waals surface area contributed by atoms with Crippen LogP contribution >= 0.6 is 0 Å². The van der Waals surface area contributed by atoms with Gasteiger partial charge in [0.2, 0.25) is 20.0 Å². The van der Waals surface area contributed by atoms with Crippen LogP contribution in [0.1, 0.15) is 19.4 Å². The number of halogens is 1. The Morgan fingerprint density at radius 1 is 0.969 bits per heavy atom. The Hall–Kier alpha value is -2.01. The van der Waals surface area contributed by atoms with Crippen LogP contribution in [0.4, 0.5) is 10.1 Å². The minimum Gasteiger partial charge on any atom is -0.369 e. The van der Waals surface area contributed by atoms with Gasteiger partial charge in [-0.25, -0.2) is 21.2 Å². The molecule has 2 aromatic rings. The molecule has 3 rings (SSSR count). The Bertz CT molecular complexity index is 1130. The van der Waals surface area contributed by atoms with Crippen LogP contribution in [0.5, 0.6) is 0 Å². The zero-order chi connectivity index (χ0) is 23.5. The predicted octanol–water partition coefficient (Wildman–Crippen LogP) is 2.75. The molecule has 1 aliphatic heterocycles. The fourth-order valence-electron chi connectivity index (χ4n) is 3.75. The summed E-state index contributed by atoms with van der Waals surface area (Å²) in [5.74, 6) is -0.739. The van der Waals surface area contributed by atoms with Crippen LogP contribution in [0.3, 0.4) is 0 Å². The van der Waals surface area contributed by atoms with Crippen molar-refractivity contribution in [1.82, 2.24) is 8.61 Å². The summed E-state index contributed by atoms with van der Waals surface area (Å²) in [5.41, 5.74) is 1.37. The molecule has 1 fully saturated rings. The molecule has 0 aromatic heterocycles. The van der Waals surface area contributed by atoms with Gasteiger partial charge in [-0.05, 0) is 29.7 Å². The van der Waals surface area contributed by atoms with Crippen molar-refractivity contribution in [2.75, 3.05) is 43.9 Å². The van der Waals surface area contributed by atoms with Crippen LogP contribution < -0.4 is 4.90 Å². The lowest BCUT2D eigenvalue weighted by atomic mass is 10.2. The first-order chi connectivity index (χ1) is 15.0. The maximum absolute atomic E-state index is 15.1. The van der Waals surface area contributed by atoms with E-state index in [0.29, 0.717) is 31.9 Å². The fraction of sp³-hybridized carbons (Fsp3) is 0.455. The molecule has 0 aliphatic carbocycles. The summed E-state index contributed by atoms with van der Waals surface area (Å²) in [6.07, 6.45) is 1.17. The van der Waals surface area contributed by atoms with Gasteiger partial charge < -0.3 is 4.90 Å². The first-order valence-electron chi connectivity index (χ1n) is 10.5. The average Bonchev–Trinajstić information content (AvgIpc) is 2.73. The molecule has 0 saturated carbocycles. The molecule has 1 aliphatic rings. The quantitative estimate of drug-likeness (QED) is 0.577. The van der Waals surface area contributed by atoms with Gasteiger partial charge in [-0.1, -0.05) is 44.2 Å². The molecule has 1 heterocycles. The monoisotopic (exact) mass is 483 g/mol. The van der Waals surface area contributed by atoms with E-state index in [0.717, 1.165) is 5.56 Å². The van der Waals surface area contributed by atoms with Gasteiger partial charge >= 0.3 is 0 Å². The first kappa shape index (κ1) is 24.6. The Kier molecular flexibility index (Phi) is 7.59. The summed E-state index contributed by atoms with van der Waals surface area (Å²) < 4.78 is 67.8. The van der Waals surface area contributed by atoms with Gasteiger partial charge in [0.05, 0.1) is 6.26 Å². The highest BCUT2D eigenvalue weighted by Gasteiger charge is 2.29. The van der Waals surface area contributed by atoms with E-state index >= 15 is 4.39 Å². The summed E-state index contributed by atoms with van der Waals surface area (Å²) >= 11 is 0. The second kappa shape index (κ2) is 9.86. The van der Waals surface area contributed by atoms with E-state index in [1.807, 2.05) is 49.1 Å². The van der Waals surface area contributed by atoms with Crippen molar-refractivity contribution < 1.29 is 21.2 Å². The lowest BCUT2D eigenvalue weighted by Gasteiger charge is -2.34. The van der Waals surface area contributed by atoms with Gasteiger partial charge in [-0.3, -0.25) is 0 Å². The zero-order valence-corrected chi connectivity index (χ0v) is 20.2. The third-order valence-electron chi connectivity index (χ3n) is 5.38. The molecule has 2 aromatic carbocycles. The number of nitrogens with zero attached hydrogens (tertiary/aromatic N) is 3. The van der Waals surface area contributed by atoms with Crippen molar-refractivity contribution in [2.45, 2.75) is 25.3 Å². The molecule has 1 saturated heterocycles. The topological polar surface area (TPSA) is 78.0 Å². The van der Waals surface area contributed by atoms with Crippen LogP contribution in [0, 0.1) is 11.7 Å². The Balaban J connectivity index is 1.83. The van der Waals surface area contributed by atoms with Gasteiger partial charge in [-0.15, -0.1) is 0 Å². The molecule has 0 spiro atoms. The molecular weight excluding hydrogens is 453 g/mol. The summed E-state index contributed by atoms with van der Waals surface area (Å²) in [4.78, 5) is 1.50. The second-order valence-corrected chi connectivity index (χ2v) is 12.3. The molecule has 7 nitrogen and oxygen atoms in total. The predicted molar refractivity (Wildman–Crippen MR) is 124 cm³/mol. The molecule has 176 valence electrons. The Morgan fingerprint density at radius 2 is 1.59 bits per heavy atom. The minimum atomic E-state index is -4.05. The highest BCUT2D eigenvalue weighted by Crippen LogP contribution is 2.27. The average molecular weight is 484 g/mol. The van der Waals surface area contributed by atoms with Crippen molar-refractivity contribution in [3.05, 3.63) is 59.9 Å². The van der Waals surface area contributed by atoms with Crippen LogP contribution in [0.25, 0.3) is 0 Å². The van der Waals surface area contributed by atoms with Crippen molar-refractivity contribution in [3.8, 4) is 0 Å². The summed E-state index contributed by atoms with van der Waals surface area (Å²) in [6.45, 7) is 5.70. The van der Waals surface area contributed by atoms with E-state index in [4.69, 9.17) is 0 Å². The molecule has 32 heavy (non-hydrogen) atoms. The normalized spacial score (nSPS) is 16.1. The number of anilines is 1. The second-order valence-electron chi connectivity index (χ2n) is 8.44. The van der Waals surface area contributed by atoms with E-state index in [1.165, 1.54) is 27.0 Å². The maximum atomic E-state index is 15.1.